The lowest BCUT2D eigenvalue weighted by Crippen LogP contribution is -2.21. The summed E-state index contributed by atoms with van der Waals surface area (Å²) in [5, 5.41) is 12.3. The van der Waals surface area contributed by atoms with Gasteiger partial charge in [-0.15, -0.1) is 11.3 Å². The SMILES string of the molecule is CCOC(=O)c1c(NC(=S)Nc2c(C)nn(Cc3ccc(F)cc3)c2C)sc2c1CCCCC2. The lowest BCUT2D eigenvalue weighted by Gasteiger charge is -2.12. The van der Waals surface area contributed by atoms with Crippen LogP contribution < -0.4 is 10.6 Å². The summed E-state index contributed by atoms with van der Waals surface area (Å²) in [6.07, 6.45) is 5.24. The number of nitrogens with one attached hydrogen (secondary N) is 2. The van der Waals surface area contributed by atoms with Crippen LogP contribution in [0.4, 0.5) is 15.1 Å². The van der Waals surface area contributed by atoms with Crippen molar-refractivity contribution < 1.29 is 13.9 Å². The number of ether oxygens (including phenoxy) is 1. The van der Waals surface area contributed by atoms with E-state index in [1.807, 2.05) is 25.5 Å². The van der Waals surface area contributed by atoms with Gasteiger partial charge in [-0.3, -0.25) is 4.68 Å². The molecular weight excluding hydrogens is 471 g/mol. The molecule has 0 saturated heterocycles. The molecule has 2 aromatic heterocycles. The van der Waals surface area contributed by atoms with Crippen molar-refractivity contribution in [2.24, 2.45) is 0 Å². The van der Waals surface area contributed by atoms with Gasteiger partial charge in [-0.05, 0) is 81.9 Å². The quantitative estimate of drug-likeness (QED) is 0.246. The number of carbonyl (C=O) groups excluding carboxylic acids is 1. The van der Waals surface area contributed by atoms with Gasteiger partial charge in [0.15, 0.2) is 5.11 Å². The van der Waals surface area contributed by atoms with Crippen molar-refractivity contribution in [1.82, 2.24) is 9.78 Å². The minimum absolute atomic E-state index is 0.260. The fourth-order valence-electron chi connectivity index (χ4n) is 4.29. The molecule has 6 nitrogen and oxygen atoms in total. The Hall–Kier alpha value is -2.78. The molecule has 4 rings (SSSR count). The average Bonchev–Trinajstić information content (AvgIpc) is 3.15. The molecular formula is C25H29FN4O2S2. The van der Waals surface area contributed by atoms with Crippen molar-refractivity contribution in [3.05, 3.63) is 63.0 Å². The van der Waals surface area contributed by atoms with Gasteiger partial charge in [-0.1, -0.05) is 18.6 Å². The first-order valence-electron chi connectivity index (χ1n) is 11.6. The summed E-state index contributed by atoms with van der Waals surface area (Å²) in [5.74, 6) is -0.560. The molecule has 0 bridgehead atoms. The molecule has 180 valence electrons. The molecule has 0 aliphatic heterocycles. The summed E-state index contributed by atoms with van der Waals surface area (Å²) in [5.41, 5.74) is 5.21. The first-order valence-corrected chi connectivity index (χ1v) is 12.8. The van der Waals surface area contributed by atoms with Crippen LogP contribution in [0.15, 0.2) is 24.3 Å². The van der Waals surface area contributed by atoms with Gasteiger partial charge < -0.3 is 15.4 Å². The van der Waals surface area contributed by atoms with Crippen LogP contribution in [-0.4, -0.2) is 27.5 Å². The molecule has 1 aromatic carbocycles. The smallest absolute Gasteiger partial charge is 0.341 e. The number of nitrogens with zero attached hydrogens (tertiary/aromatic N) is 2. The van der Waals surface area contributed by atoms with Crippen molar-refractivity contribution in [2.75, 3.05) is 17.2 Å². The van der Waals surface area contributed by atoms with Crippen molar-refractivity contribution in [3.8, 4) is 0 Å². The van der Waals surface area contributed by atoms with Gasteiger partial charge in [0, 0.05) is 4.88 Å². The van der Waals surface area contributed by atoms with Gasteiger partial charge in [0.25, 0.3) is 0 Å². The Labute approximate surface area is 208 Å². The molecule has 0 amide bonds. The molecule has 0 fully saturated rings. The van der Waals surface area contributed by atoms with Crippen LogP contribution in [0, 0.1) is 19.7 Å². The summed E-state index contributed by atoms with van der Waals surface area (Å²) in [7, 11) is 0. The minimum Gasteiger partial charge on any atom is -0.462 e. The predicted molar refractivity (Wildman–Crippen MR) is 139 cm³/mol. The fourth-order valence-corrected chi connectivity index (χ4v) is 5.84. The number of halogens is 1. The van der Waals surface area contributed by atoms with Crippen LogP contribution in [0.5, 0.6) is 0 Å². The van der Waals surface area contributed by atoms with Gasteiger partial charge in [-0.25, -0.2) is 9.18 Å². The zero-order chi connectivity index (χ0) is 24.2. The zero-order valence-electron chi connectivity index (χ0n) is 19.7. The van der Waals surface area contributed by atoms with Crippen LogP contribution in [-0.2, 0) is 24.1 Å². The minimum atomic E-state index is -0.299. The number of hydrogen-bond donors (Lipinski definition) is 2. The van der Waals surface area contributed by atoms with E-state index in [-0.39, 0.29) is 11.8 Å². The third-order valence-electron chi connectivity index (χ3n) is 5.99. The molecule has 1 aliphatic rings. The molecule has 2 N–H and O–H groups in total. The molecule has 0 unspecified atom stereocenters. The number of esters is 1. The second-order valence-corrected chi connectivity index (χ2v) is 9.91. The van der Waals surface area contributed by atoms with Crippen molar-refractivity contribution in [3.63, 3.8) is 0 Å². The largest absolute Gasteiger partial charge is 0.462 e. The van der Waals surface area contributed by atoms with E-state index in [0.29, 0.717) is 23.8 Å². The first kappa shape index (κ1) is 24.3. The van der Waals surface area contributed by atoms with Crippen LogP contribution >= 0.6 is 23.6 Å². The lowest BCUT2D eigenvalue weighted by molar-refractivity contribution is 0.0527. The number of thiocarbonyl (C=S) groups is 1. The van der Waals surface area contributed by atoms with Crippen LogP contribution in [0.25, 0.3) is 0 Å². The van der Waals surface area contributed by atoms with E-state index in [1.54, 1.807) is 23.5 Å². The van der Waals surface area contributed by atoms with Crippen LogP contribution in [0.3, 0.4) is 0 Å². The standard InChI is InChI=1S/C25H29FN4O2S2/c1-4-32-24(31)21-19-8-6-5-7-9-20(19)34-23(21)28-25(33)27-22-15(2)29-30(16(22)3)14-17-10-12-18(26)13-11-17/h10-13H,4-9,14H2,1-3H3,(H2,27,28,33). The maximum Gasteiger partial charge on any atom is 0.341 e. The molecule has 9 heteroatoms. The molecule has 3 aromatic rings. The number of benzene rings is 1. The molecule has 0 atom stereocenters. The third-order valence-corrected chi connectivity index (χ3v) is 7.40. The van der Waals surface area contributed by atoms with Gasteiger partial charge in [0.1, 0.15) is 10.8 Å². The number of thiophene rings is 1. The maximum atomic E-state index is 13.2. The molecule has 0 radical (unpaired) electrons. The van der Waals surface area contributed by atoms with Crippen molar-refractivity contribution >= 4 is 45.3 Å². The molecule has 1 aliphatic carbocycles. The van der Waals surface area contributed by atoms with Crippen LogP contribution in [0.2, 0.25) is 0 Å². The number of rotatable bonds is 6. The van der Waals surface area contributed by atoms with Gasteiger partial charge in [-0.2, -0.15) is 5.10 Å². The fraction of sp³-hybridized carbons (Fsp3) is 0.400. The van der Waals surface area contributed by atoms with E-state index in [9.17, 15) is 9.18 Å². The third kappa shape index (κ3) is 5.31. The van der Waals surface area contributed by atoms with E-state index in [4.69, 9.17) is 17.0 Å². The normalized spacial score (nSPS) is 13.2. The van der Waals surface area contributed by atoms with Crippen LogP contribution in [0.1, 0.15) is 63.9 Å². The Morgan fingerprint density at radius 1 is 1.18 bits per heavy atom. The Morgan fingerprint density at radius 2 is 1.91 bits per heavy atom. The predicted octanol–water partition coefficient (Wildman–Crippen LogP) is 6.00. The summed E-state index contributed by atoms with van der Waals surface area (Å²) in [4.78, 5) is 14.0. The second-order valence-electron chi connectivity index (χ2n) is 8.40. The van der Waals surface area contributed by atoms with E-state index in [1.165, 1.54) is 23.4 Å². The Morgan fingerprint density at radius 3 is 2.65 bits per heavy atom. The molecule has 0 spiro atoms. The zero-order valence-corrected chi connectivity index (χ0v) is 21.3. The highest BCUT2D eigenvalue weighted by Crippen LogP contribution is 2.38. The topological polar surface area (TPSA) is 68.2 Å². The molecule has 0 saturated carbocycles. The first-order chi connectivity index (χ1) is 16.4. The highest BCUT2D eigenvalue weighted by atomic mass is 32.1. The van der Waals surface area contributed by atoms with Gasteiger partial charge in [0.2, 0.25) is 0 Å². The molecule has 34 heavy (non-hydrogen) atoms. The lowest BCUT2D eigenvalue weighted by atomic mass is 10.1. The van der Waals surface area contributed by atoms with Gasteiger partial charge >= 0.3 is 5.97 Å². The Balaban J connectivity index is 1.53. The molecule has 2 heterocycles. The number of aromatic nitrogens is 2. The summed E-state index contributed by atoms with van der Waals surface area (Å²) in [6.45, 7) is 6.55. The van der Waals surface area contributed by atoms with Crippen molar-refractivity contribution in [2.45, 2.75) is 59.4 Å². The monoisotopic (exact) mass is 500 g/mol. The summed E-state index contributed by atoms with van der Waals surface area (Å²) >= 11 is 7.22. The summed E-state index contributed by atoms with van der Waals surface area (Å²) in [6, 6.07) is 6.40. The van der Waals surface area contributed by atoms with Gasteiger partial charge in [0.05, 0.1) is 35.8 Å². The number of aryl methyl sites for hydroxylation is 2. The number of carbonyl (C=O) groups is 1. The highest BCUT2D eigenvalue weighted by Gasteiger charge is 2.26. The van der Waals surface area contributed by atoms with E-state index in [2.05, 4.69) is 15.7 Å². The highest BCUT2D eigenvalue weighted by molar-refractivity contribution is 7.80. The number of fused-ring (bicyclic) bond motifs is 1. The van der Waals surface area contributed by atoms with E-state index in [0.717, 1.165) is 58.9 Å². The second kappa shape index (κ2) is 10.7. The summed E-state index contributed by atoms with van der Waals surface area (Å²) < 4.78 is 20.5. The van der Waals surface area contributed by atoms with Crippen molar-refractivity contribution in [1.29, 1.82) is 0 Å². The Bertz CT molecular complexity index is 1200. The average molecular weight is 501 g/mol. The number of hydrogen-bond acceptors (Lipinski definition) is 5. The Kier molecular flexibility index (Phi) is 7.63. The van der Waals surface area contributed by atoms with E-state index < -0.39 is 0 Å². The number of anilines is 2. The van der Waals surface area contributed by atoms with E-state index >= 15 is 0 Å². The maximum absolute atomic E-state index is 13.2.